The lowest BCUT2D eigenvalue weighted by Gasteiger charge is -2.25. The van der Waals surface area contributed by atoms with Gasteiger partial charge in [0.15, 0.2) is 17.3 Å². The van der Waals surface area contributed by atoms with Crippen LogP contribution in [0.25, 0.3) is 0 Å². The molecule has 2 heterocycles. The first kappa shape index (κ1) is 66.0. The summed E-state index contributed by atoms with van der Waals surface area (Å²) in [6.07, 6.45) is 0.234. The summed E-state index contributed by atoms with van der Waals surface area (Å²) in [4.78, 5) is 127. The maximum Gasteiger partial charge on any atom is 0.321 e. The first-order chi connectivity index (χ1) is 34.5. The van der Waals surface area contributed by atoms with E-state index >= 15 is 0 Å². The predicted octanol–water partition coefficient (Wildman–Crippen LogP) is 4.13. The number of Topliss-reactive ketones (excluding diaryl/α,β-unsaturated/α-hetero) is 5. The van der Waals surface area contributed by atoms with Gasteiger partial charge in [0.05, 0.1) is 19.1 Å². The van der Waals surface area contributed by atoms with Gasteiger partial charge in [0.1, 0.15) is 41.9 Å². The topological polar surface area (TPSA) is 268 Å². The number of benzene rings is 2. The standard InChI is InChI=1S/C27H39N3O6.C20H30N2O4.C7H11NO3.CH4/c1-5-10-19(15-23(33)21-16-20(31)17-30(21)6-2)26(35)22(32)13-14-24(34)28-25(27(36)29(3)4)18-11-8-7-9-12-18;1-5-9-14(2)19(25)16(23)12-13-17(24)21-18(20(26)22(3)4)15-10-7-6-8-11-15;1-2-8-4-5(9)3-6(8)7(10)11;/h7-9,11-12,19,21,25-26,35H,5-6,10,13-17H2,1-4H3,(H,28,34);6-8,10-11,14,18-19,25H,5,9,12-13H2,1-4H3,(H,21,24);6H,2-4H2,1H3,(H,10,11);1H4/t19?,21-,25-,26?;14?,18-,19?;;/m00../s1. The summed E-state index contributed by atoms with van der Waals surface area (Å²) in [6.45, 7) is 11.2. The molecule has 0 saturated carbocycles. The van der Waals surface area contributed by atoms with E-state index in [9.17, 15) is 58.2 Å². The van der Waals surface area contributed by atoms with E-state index in [-0.39, 0.29) is 99.8 Å². The second-order valence-corrected chi connectivity index (χ2v) is 19.1. The van der Waals surface area contributed by atoms with Gasteiger partial charge >= 0.3 is 5.97 Å². The zero-order valence-electron chi connectivity index (χ0n) is 44.2. The molecule has 8 atom stereocenters. The van der Waals surface area contributed by atoms with Crippen molar-refractivity contribution in [2.24, 2.45) is 11.8 Å². The summed E-state index contributed by atoms with van der Waals surface area (Å²) < 4.78 is 0. The van der Waals surface area contributed by atoms with Crippen LogP contribution in [0.15, 0.2) is 60.7 Å². The third kappa shape index (κ3) is 21.4. The smallest absolute Gasteiger partial charge is 0.321 e. The Balaban J connectivity index is 0.000000625. The molecule has 5 N–H and O–H groups in total. The molecule has 2 aromatic carbocycles. The van der Waals surface area contributed by atoms with Gasteiger partial charge in [-0.1, -0.05) is 116 Å². The van der Waals surface area contributed by atoms with Crippen LogP contribution in [-0.4, -0.2) is 172 Å². The Labute approximate surface area is 437 Å². The normalized spacial score (nSPS) is 17.8. The zero-order chi connectivity index (χ0) is 54.9. The van der Waals surface area contributed by atoms with Crippen molar-refractivity contribution in [1.82, 2.24) is 30.2 Å². The number of aliphatic hydroxyl groups excluding tert-OH is 2. The molecule has 2 aliphatic rings. The third-order valence-electron chi connectivity index (χ3n) is 12.9. The van der Waals surface area contributed by atoms with Crippen molar-refractivity contribution in [1.29, 1.82) is 0 Å². The third-order valence-corrected chi connectivity index (χ3v) is 12.9. The molecule has 0 radical (unpaired) electrons. The Morgan fingerprint density at radius 3 is 1.36 bits per heavy atom. The number of ketones is 5. The highest BCUT2D eigenvalue weighted by molar-refractivity contribution is 5.96. The Morgan fingerprint density at radius 1 is 0.608 bits per heavy atom. The summed E-state index contributed by atoms with van der Waals surface area (Å²) in [7, 11) is 6.44. The number of carboxylic acids is 1. The highest BCUT2D eigenvalue weighted by Gasteiger charge is 2.38. The van der Waals surface area contributed by atoms with Gasteiger partial charge in [-0.25, -0.2) is 0 Å². The summed E-state index contributed by atoms with van der Waals surface area (Å²) in [6, 6.07) is 15.1. The number of rotatable bonds is 26. The number of nitrogens with one attached hydrogen (secondary N) is 2. The molecule has 2 fully saturated rings. The first-order valence-corrected chi connectivity index (χ1v) is 25.3. The van der Waals surface area contributed by atoms with E-state index in [0.717, 1.165) is 12.8 Å². The van der Waals surface area contributed by atoms with Crippen molar-refractivity contribution < 1.29 is 63.3 Å². The van der Waals surface area contributed by atoms with E-state index in [4.69, 9.17) is 5.11 Å². The molecule has 74 heavy (non-hydrogen) atoms. The fourth-order valence-corrected chi connectivity index (χ4v) is 8.67. The number of amides is 4. The van der Waals surface area contributed by atoms with Crippen molar-refractivity contribution in [2.45, 2.75) is 149 Å². The van der Waals surface area contributed by atoms with Crippen LogP contribution in [0.4, 0.5) is 0 Å². The van der Waals surface area contributed by atoms with Gasteiger partial charge < -0.3 is 35.8 Å². The molecule has 5 unspecified atom stereocenters. The van der Waals surface area contributed by atoms with E-state index in [2.05, 4.69) is 10.6 Å². The van der Waals surface area contributed by atoms with Gasteiger partial charge in [-0.15, -0.1) is 0 Å². The molecule has 0 aromatic heterocycles. The number of nitrogens with zero attached hydrogens (tertiary/aromatic N) is 4. The minimum absolute atomic E-state index is 0. The highest BCUT2D eigenvalue weighted by Crippen LogP contribution is 2.25. The fraction of sp³-hybridized carbons (Fsp3) is 0.600. The van der Waals surface area contributed by atoms with E-state index in [1.165, 1.54) is 9.80 Å². The second kappa shape index (κ2) is 33.7. The monoisotopic (exact) mass is 1040 g/mol. The van der Waals surface area contributed by atoms with Crippen molar-refractivity contribution >= 4 is 58.5 Å². The van der Waals surface area contributed by atoms with Crippen LogP contribution in [0.1, 0.15) is 136 Å². The number of aliphatic hydroxyl groups is 2. The molecule has 0 bridgehead atoms. The minimum atomic E-state index is -1.37. The van der Waals surface area contributed by atoms with Crippen molar-refractivity contribution in [3.63, 3.8) is 0 Å². The maximum absolute atomic E-state index is 12.9. The number of hydrogen-bond acceptors (Lipinski definition) is 14. The zero-order valence-corrected chi connectivity index (χ0v) is 44.2. The van der Waals surface area contributed by atoms with Crippen molar-refractivity contribution in [2.75, 3.05) is 54.4 Å². The Kier molecular flexibility index (Phi) is 30.1. The number of aliphatic carboxylic acids is 1. The average molecular weight is 1040 g/mol. The number of likely N-dealkylation sites (tertiary alicyclic amines) is 2. The summed E-state index contributed by atoms with van der Waals surface area (Å²) >= 11 is 0. The summed E-state index contributed by atoms with van der Waals surface area (Å²) in [5, 5.41) is 34.8. The number of hydrogen-bond donors (Lipinski definition) is 5. The number of carbonyl (C=O) groups excluding carboxylic acids is 9. The maximum atomic E-state index is 12.9. The lowest BCUT2D eigenvalue weighted by atomic mass is 9.86. The van der Waals surface area contributed by atoms with Gasteiger partial charge in [0.25, 0.3) is 0 Å². The number of carbonyl (C=O) groups is 10. The predicted molar refractivity (Wildman–Crippen MR) is 280 cm³/mol. The minimum Gasteiger partial charge on any atom is -0.480 e. The van der Waals surface area contributed by atoms with E-state index in [0.29, 0.717) is 43.6 Å². The lowest BCUT2D eigenvalue weighted by Crippen LogP contribution is -2.41. The van der Waals surface area contributed by atoms with Gasteiger partial charge in [-0.05, 0) is 48.9 Å². The molecule has 2 saturated heterocycles. The van der Waals surface area contributed by atoms with Crippen molar-refractivity contribution in [3.8, 4) is 0 Å². The Bertz CT molecular complexity index is 2150. The second-order valence-electron chi connectivity index (χ2n) is 19.1. The first-order valence-electron chi connectivity index (χ1n) is 25.3. The van der Waals surface area contributed by atoms with Gasteiger partial charge in [-0.3, -0.25) is 57.7 Å². The van der Waals surface area contributed by atoms with Crippen LogP contribution in [0, 0.1) is 11.8 Å². The fourth-order valence-electron chi connectivity index (χ4n) is 8.67. The molecule has 4 rings (SSSR count). The van der Waals surface area contributed by atoms with Crippen LogP contribution < -0.4 is 10.6 Å². The quantitative estimate of drug-likeness (QED) is 0.0887. The summed E-state index contributed by atoms with van der Waals surface area (Å²) in [5.41, 5.74) is 1.31. The molecule has 0 spiro atoms. The molecule has 4 amide bonds. The molecule has 19 heteroatoms. The van der Waals surface area contributed by atoms with Crippen molar-refractivity contribution in [3.05, 3.63) is 71.8 Å². The Hall–Kier alpha value is -6.02. The molecule has 412 valence electrons. The molecule has 0 aliphatic carbocycles. The number of carboxylic acid groups (broad SMARTS) is 1. The van der Waals surface area contributed by atoms with Crippen LogP contribution in [-0.2, 0) is 47.9 Å². The Morgan fingerprint density at radius 2 is 1.00 bits per heavy atom. The highest BCUT2D eigenvalue weighted by atomic mass is 16.4. The van der Waals surface area contributed by atoms with Crippen LogP contribution in [0.3, 0.4) is 0 Å². The van der Waals surface area contributed by atoms with E-state index in [1.807, 2.05) is 51.7 Å². The van der Waals surface area contributed by atoms with E-state index < -0.39 is 65.9 Å². The van der Waals surface area contributed by atoms with Crippen LogP contribution in [0.2, 0.25) is 0 Å². The van der Waals surface area contributed by atoms with Gasteiger partial charge in [0.2, 0.25) is 23.6 Å². The van der Waals surface area contributed by atoms with E-state index in [1.54, 1.807) is 81.6 Å². The lowest BCUT2D eigenvalue weighted by molar-refractivity contribution is -0.142. The molecular formula is C55H84N6O13. The summed E-state index contributed by atoms with van der Waals surface area (Å²) in [5.74, 6) is -3.94. The average Bonchev–Trinajstić information content (AvgIpc) is 3.97. The van der Waals surface area contributed by atoms with Gasteiger partial charge in [0, 0.05) is 73.1 Å². The molecule has 2 aliphatic heterocycles. The largest absolute Gasteiger partial charge is 0.480 e. The van der Waals surface area contributed by atoms with Gasteiger partial charge in [-0.2, -0.15) is 0 Å². The molecule has 19 nitrogen and oxygen atoms in total. The molecular weight excluding hydrogens is 953 g/mol. The SMILES string of the molecule is C.CCCC(C)C(O)C(=O)CCC(=O)N[C@H](C(=O)N(C)C)c1ccccc1.CCCC(CC(=O)[C@@H]1CC(=O)CN1CC)C(O)C(=O)CCC(=O)N[C@H](C(=O)N(C)C)c1ccccc1.CCN1CC(=O)CC1C(=O)O. The van der Waals surface area contributed by atoms with Crippen LogP contribution in [0.5, 0.6) is 0 Å². The molecule has 2 aromatic rings. The number of likely N-dealkylation sites (N-methyl/N-ethyl adjacent to an activating group) is 4. The van der Waals surface area contributed by atoms with Crippen LogP contribution >= 0.6 is 0 Å².